The van der Waals surface area contributed by atoms with Crippen molar-refractivity contribution in [2.45, 2.75) is 52.7 Å². The molecule has 0 aliphatic heterocycles. The number of hydrogen-bond acceptors (Lipinski definition) is 4. The topological polar surface area (TPSA) is 125 Å². The molecule has 0 aromatic rings. The summed E-state index contributed by atoms with van der Waals surface area (Å²) >= 11 is -2.80. The molecule has 0 saturated heterocycles. The molecule has 0 aliphatic rings. The molecule has 8 nitrogen and oxygen atoms in total. The molecule has 0 saturated carbocycles. The predicted octanol–water partition coefficient (Wildman–Crippen LogP) is 1.01. The molecule has 0 aromatic carbocycles. The van der Waals surface area contributed by atoms with Gasteiger partial charge in [-0.05, 0) is 0 Å². The van der Waals surface area contributed by atoms with Crippen molar-refractivity contribution in [3.8, 4) is 0 Å². The zero-order valence-electron chi connectivity index (χ0n) is 13.1. The van der Waals surface area contributed by atoms with Gasteiger partial charge in [0, 0.05) is 0 Å². The molecular formula is C12H18HgN4O4. The fourth-order valence-corrected chi connectivity index (χ4v) is 4.60. The van der Waals surface area contributed by atoms with Gasteiger partial charge in [0.25, 0.3) is 0 Å². The Labute approximate surface area is 135 Å². The Morgan fingerprint density at radius 1 is 0.810 bits per heavy atom. The fourth-order valence-electron chi connectivity index (χ4n) is 1.13. The first-order valence-corrected chi connectivity index (χ1v) is 11.8. The van der Waals surface area contributed by atoms with E-state index in [9.17, 15) is 9.59 Å². The Morgan fingerprint density at radius 3 is 1.29 bits per heavy atom. The zero-order valence-corrected chi connectivity index (χ0v) is 18.6. The van der Waals surface area contributed by atoms with E-state index in [1.54, 1.807) is 41.5 Å². The first kappa shape index (κ1) is 19.6. The van der Waals surface area contributed by atoms with E-state index in [0.29, 0.717) is 0 Å². The molecule has 0 fully saturated rings. The van der Waals surface area contributed by atoms with Crippen LogP contribution in [-0.4, -0.2) is 39.2 Å². The minimum absolute atomic E-state index is 0.247. The summed E-state index contributed by atoms with van der Waals surface area (Å²) < 4.78 is 9.61. The molecule has 0 unspecified atom stereocenters. The molecule has 9 heteroatoms. The van der Waals surface area contributed by atoms with E-state index in [4.69, 9.17) is 20.5 Å². The van der Waals surface area contributed by atoms with Crippen LogP contribution in [0, 0.1) is 0 Å². The van der Waals surface area contributed by atoms with Crippen molar-refractivity contribution in [3.05, 3.63) is 11.1 Å². The van der Waals surface area contributed by atoms with Crippen LogP contribution in [0.2, 0.25) is 0 Å². The van der Waals surface area contributed by atoms with Crippen LogP contribution in [0.1, 0.15) is 41.5 Å². The molecule has 0 heterocycles. The summed E-state index contributed by atoms with van der Waals surface area (Å²) in [6.07, 6.45) is 0. The second-order valence-electron chi connectivity index (χ2n) is 6.27. The van der Waals surface area contributed by atoms with E-state index in [1.165, 1.54) is 0 Å². The average molecular weight is 483 g/mol. The van der Waals surface area contributed by atoms with Gasteiger partial charge in [-0.15, -0.1) is 0 Å². The molecule has 0 spiro atoms. The predicted molar refractivity (Wildman–Crippen MR) is 68.9 cm³/mol. The summed E-state index contributed by atoms with van der Waals surface area (Å²) in [5.74, 6) is -1.65. The summed E-state index contributed by atoms with van der Waals surface area (Å²) in [7, 11) is 0. The summed E-state index contributed by atoms with van der Waals surface area (Å²) in [6, 6.07) is 0. The van der Waals surface area contributed by atoms with E-state index < -0.39 is 47.7 Å². The molecule has 0 bridgehead atoms. The van der Waals surface area contributed by atoms with Crippen LogP contribution in [0.15, 0.2) is 0 Å². The molecule has 0 rings (SSSR count). The third-order valence-electron chi connectivity index (χ3n) is 1.85. The van der Waals surface area contributed by atoms with Crippen molar-refractivity contribution >= 4 is 18.4 Å². The molecule has 112 valence electrons. The average Bonchev–Trinajstić information content (AvgIpc) is 2.25. The van der Waals surface area contributed by atoms with Gasteiger partial charge in [-0.2, -0.15) is 0 Å². The third kappa shape index (κ3) is 8.50. The number of esters is 2. The monoisotopic (exact) mass is 484 g/mol. The Bertz CT molecular complexity index is 484. The van der Waals surface area contributed by atoms with Crippen LogP contribution in [0.25, 0.3) is 11.1 Å². The molecule has 21 heavy (non-hydrogen) atoms. The molecule has 0 aliphatic carbocycles. The standard InChI is InChI=1S/2C6H9N2O2.Hg/c2*1-6(2,3)10-5(9)4-8-7;/h2*1-3H3;. The van der Waals surface area contributed by atoms with Crippen LogP contribution in [0.3, 0.4) is 0 Å². The molecule has 0 amide bonds. The number of carbonyl (C=O) groups is 2. The van der Waals surface area contributed by atoms with Crippen LogP contribution in [0.4, 0.5) is 0 Å². The van der Waals surface area contributed by atoms with E-state index in [-0.39, 0.29) is 6.44 Å². The Balaban J connectivity index is 5.05. The van der Waals surface area contributed by atoms with E-state index in [0.717, 1.165) is 0 Å². The second kappa shape index (κ2) is 7.59. The Kier molecular flexibility index (Phi) is 7.10. The summed E-state index contributed by atoms with van der Waals surface area (Å²) in [6.45, 7) is 9.95. The van der Waals surface area contributed by atoms with Crippen molar-refractivity contribution in [1.82, 2.24) is 0 Å². The number of nitrogens with zero attached hydrogens (tertiary/aromatic N) is 4. The Hall–Kier alpha value is -1.36. The van der Waals surface area contributed by atoms with E-state index in [1.807, 2.05) is 0 Å². The van der Waals surface area contributed by atoms with Gasteiger partial charge in [0.05, 0.1) is 0 Å². The van der Waals surface area contributed by atoms with Crippen molar-refractivity contribution in [2.24, 2.45) is 0 Å². The number of carbonyl (C=O) groups excluding carboxylic acids is 2. The third-order valence-corrected chi connectivity index (χ3v) is 7.79. The number of hydrogen-bond donors (Lipinski definition) is 0. The summed E-state index contributed by atoms with van der Waals surface area (Å²) in [4.78, 5) is 29.4. The van der Waals surface area contributed by atoms with Crippen LogP contribution < -0.4 is 0 Å². The molecular weight excluding hydrogens is 465 g/mol. The molecule has 0 aromatic heterocycles. The fraction of sp³-hybridized carbons (Fsp3) is 0.667. The van der Waals surface area contributed by atoms with Gasteiger partial charge in [0.1, 0.15) is 0 Å². The van der Waals surface area contributed by atoms with Crippen molar-refractivity contribution in [1.29, 1.82) is 0 Å². The molecule has 0 N–H and O–H groups in total. The van der Waals surface area contributed by atoms with Crippen molar-refractivity contribution in [2.75, 3.05) is 0 Å². The molecule has 0 radical (unpaired) electrons. The SMILES string of the molecule is CC(C)(C)OC(=O)[C](=[N+]=[N-])[Hg][C](=[N+]=[N-])C(=O)OC(C)(C)C. The van der Waals surface area contributed by atoms with Crippen LogP contribution >= 0.6 is 0 Å². The zero-order chi connectivity index (χ0) is 16.8. The maximum absolute atomic E-state index is 11.8. The summed E-state index contributed by atoms with van der Waals surface area (Å²) in [5.41, 5.74) is 16.3. The van der Waals surface area contributed by atoms with Crippen molar-refractivity contribution < 1.29 is 53.2 Å². The van der Waals surface area contributed by atoms with Gasteiger partial charge in [0.2, 0.25) is 0 Å². The first-order valence-electron chi connectivity index (χ1n) is 6.28. The van der Waals surface area contributed by atoms with E-state index >= 15 is 0 Å². The van der Waals surface area contributed by atoms with Gasteiger partial charge < -0.3 is 0 Å². The maximum atomic E-state index is 11.8. The van der Waals surface area contributed by atoms with Gasteiger partial charge in [0.15, 0.2) is 0 Å². The molecule has 0 atom stereocenters. The second-order valence-corrected chi connectivity index (χ2v) is 12.9. The quantitative estimate of drug-likeness (QED) is 0.195. The van der Waals surface area contributed by atoms with E-state index in [2.05, 4.69) is 9.58 Å². The van der Waals surface area contributed by atoms with Crippen LogP contribution in [0.5, 0.6) is 0 Å². The minimum atomic E-state index is -2.80. The number of rotatable bonds is 4. The summed E-state index contributed by atoms with van der Waals surface area (Å²) in [5, 5.41) is 0. The number of ether oxygens (including phenoxy) is 2. The van der Waals surface area contributed by atoms with Gasteiger partial charge in [-0.1, -0.05) is 0 Å². The van der Waals surface area contributed by atoms with Crippen LogP contribution in [-0.2, 0) is 43.6 Å². The van der Waals surface area contributed by atoms with Gasteiger partial charge >= 0.3 is 135 Å². The Morgan fingerprint density at radius 2 is 1.10 bits per heavy atom. The first-order chi connectivity index (χ1) is 9.39. The van der Waals surface area contributed by atoms with Gasteiger partial charge in [-0.25, -0.2) is 0 Å². The normalized spacial score (nSPS) is 10.6. The van der Waals surface area contributed by atoms with Crippen molar-refractivity contribution in [3.63, 3.8) is 0 Å². The van der Waals surface area contributed by atoms with Gasteiger partial charge in [-0.3, -0.25) is 0 Å².